The van der Waals surface area contributed by atoms with Crippen LogP contribution in [0, 0.1) is 0 Å². The Morgan fingerprint density at radius 2 is 1.86 bits per heavy atom. The summed E-state index contributed by atoms with van der Waals surface area (Å²) in [5, 5.41) is 0. The molecule has 0 aromatic heterocycles. The van der Waals surface area contributed by atoms with Crippen LogP contribution in [-0.4, -0.2) is 16.6 Å². The van der Waals surface area contributed by atoms with Gasteiger partial charge in [-0.05, 0) is 56.2 Å². The number of fused-ring (bicyclic) bond motifs is 2. The fourth-order valence-electron chi connectivity index (χ4n) is 2.56. The number of hydrogen-bond donors (Lipinski definition) is 1. The molecule has 114 valence electrons. The summed E-state index contributed by atoms with van der Waals surface area (Å²) in [5.74, 6) is 0. The van der Waals surface area contributed by atoms with Gasteiger partial charge in [-0.25, -0.2) is 4.79 Å². The fraction of sp³-hybridized carbons (Fsp3) is 0.278. The maximum absolute atomic E-state index is 12.3. The van der Waals surface area contributed by atoms with Crippen LogP contribution in [-0.2, 0) is 4.74 Å². The van der Waals surface area contributed by atoms with Crippen LogP contribution < -0.4 is 5.73 Å². The highest BCUT2D eigenvalue weighted by Crippen LogP contribution is 2.37. The Bertz CT molecular complexity index is 704. The fourth-order valence-corrected chi connectivity index (χ4v) is 2.56. The Morgan fingerprint density at radius 3 is 2.45 bits per heavy atom. The number of rotatable bonds is 1. The summed E-state index contributed by atoms with van der Waals surface area (Å²) in [5.41, 5.74) is 9.95. The first-order chi connectivity index (χ1) is 10.3. The number of nitrogen functional groups attached to an aromatic ring is 1. The summed E-state index contributed by atoms with van der Waals surface area (Å²) in [6.45, 7) is 5.61. The molecule has 3 rings (SSSR count). The molecule has 4 heteroatoms. The maximum atomic E-state index is 12.3. The van der Waals surface area contributed by atoms with E-state index < -0.39 is 5.60 Å². The van der Waals surface area contributed by atoms with Gasteiger partial charge in [0.15, 0.2) is 0 Å². The van der Waals surface area contributed by atoms with Crippen molar-refractivity contribution in [3.05, 3.63) is 59.5 Å². The highest BCUT2D eigenvalue weighted by Gasteiger charge is 2.32. The second kappa shape index (κ2) is 5.05. The van der Waals surface area contributed by atoms with Gasteiger partial charge in [0.2, 0.25) is 0 Å². The molecule has 2 aliphatic heterocycles. The van der Waals surface area contributed by atoms with Crippen LogP contribution in [0.1, 0.15) is 32.8 Å². The number of amides is 1. The molecule has 2 aliphatic rings. The van der Waals surface area contributed by atoms with E-state index in [0.29, 0.717) is 0 Å². The van der Waals surface area contributed by atoms with Gasteiger partial charge in [0, 0.05) is 23.5 Å². The van der Waals surface area contributed by atoms with Crippen molar-refractivity contribution in [1.82, 2.24) is 4.90 Å². The number of carbonyl (C=O) groups excluding carboxylic acids is 1. The molecule has 22 heavy (non-hydrogen) atoms. The maximum Gasteiger partial charge on any atom is 0.419 e. The Balaban J connectivity index is 1.86. The molecule has 0 saturated heterocycles. The van der Waals surface area contributed by atoms with Crippen LogP contribution in [0.15, 0.2) is 53.9 Å². The zero-order valence-electron chi connectivity index (χ0n) is 13.1. The normalized spacial score (nSPS) is 16.9. The second-order valence-electron chi connectivity index (χ2n) is 6.51. The third-order valence-corrected chi connectivity index (χ3v) is 3.51. The molecule has 2 N–H and O–H groups in total. The Kier molecular flexibility index (Phi) is 3.32. The first kappa shape index (κ1) is 14.4. The van der Waals surface area contributed by atoms with E-state index in [1.807, 2.05) is 63.3 Å². The van der Waals surface area contributed by atoms with Crippen molar-refractivity contribution in [3.8, 4) is 0 Å². The molecule has 0 fully saturated rings. The molecule has 1 aromatic rings. The standard InChI is InChI=1S/C18H20N2O2/c1-18(2,3)22-17(21)20-15-8-9-16(20)11-13(10-15)12-4-6-14(19)7-5-12/h4-8,10-11H,9,19H2,1-3H3. The minimum atomic E-state index is -0.501. The summed E-state index contributed by atoms with van der Waals surface area (Å²) < 4.78 is 5.47. The first-order valence-electron chi connectivity index (χ1n) is 7.35. The molecule has 4 nitrogen and oxygen atoms in total. The van der Waals surface area contributed by atoms with Crippen molar-refractivity contribution in [2.24, 2.45) is 0 Å². The van der Waals surface area contributed by atoms with E-state index in [4.69, 9.17) is 10.5 Å². The molecule has 2 bridgehead atoms. The number of nitrogens with two attached hydrogens (primary N) is 1. The van der Waals surface area contributed by atoms with E-state index in [9.17, 15) is 4.79 Å². The van der Waals surface area contributed by atoms with Gasteiger partial charge in [-0.15, -0.1) is 0 Å². The van der Waals surface area contributed by atoms with Crippen molar-refractivity contribution in [1.29, 1.82) is 0 Å². The first-order valence-corrected chi connectivity index (χ1v) is 7.35. The van der Waals surface area contributed by atoms with E-state index >= 15 is 0 Å². The average Bonchev–Trinajstić information content (AvgIpc) is 2.69. The molecule has 0 aliphatic carbocycles. The lowest BCUT2D eigenvalue weighted by Gasteiger charge is -2.28. The van der Waals surface area contributed by atoms with Crippen LogP contribution in [0.4, 0.5) is 10.5 Å². The molecule has 0 atom stereocenters. The van der Waals surface area contributed by atoms with Crippen molar-refractivity contribution < 1.29 is 9.53 Å². The minimum absolute atomic E-state index is 0.324. The predicted molar refractivity (Wildman–Crippen MR) is 87.7 cm³/mol. The van der Waals surface area contributed by atoms with E-state index in [2.05, 4.69) is 0 Å². The van der Waals surface area contributed by atoms with Crippen LogP contribution in [0.3, 0.4) is 0 Å². The summed E-state index contributed by atoms with van der Waals surface area (Å²) >= 11 is 0. The largest absolute Gasteiger partial charge is 0.443 e. The molecular formula is C18H20N2O2. The number of nitrogens with zero attached hydrogens (tertiary/aromatic N) is 1. The van der Waals surface area contributed by atoms with E-state index in [0.717, 1.165) is 34.6 Å². The van der Waals surface area contributed by atoms with Gasteiger partial charge < -0.3 is 10.5 Å². The summed E-state index contributed by atoms with van der Waals surface area (Å²) in [6, 6.07) is 7.74. The van der Waals surface area contributed by atoms with Crippen LogP contribution >= 0.6 is 0 Å². The molecule has 1 amide bonds. The van der Waals surface area contributed by atoms with Crippen LogP contribution in [0.2, 0.25) is 0 Å². The molecule has 2 heterocycles. The average molecular weight is 296 g/mol. The van der Waals surface area contributed by atoms with Crippen molar-refractivity contribution in [2.75, 3.05) is 5.73 Å². The Morgan fingerprint density at radius 1 is 1.18 bits per heavy atom. The number of allylic oxidation sites excluding steroid dienone is 4. The van der Waals surface area contributed by atoms with Crippen molar-refractivity contribution in [2.45, 2.75) is 32.8 Å². The second-order valence-corrected chi connectivity index (χ2v) is 6.51. The molecule has 1 aromatic carbocycles. The highest BCUT2D eigenvalue weighted by molar-refractivity contribution is 5.85. The molecular weight excluding hydrogens is 276 g/mol. The van der Waals surface area contributed by atoms with Crippen LogP contribution in [0.5, 0.6) is 0 Å². The number of benzene rings is 1. The van der Waals surface area contributed by atoms with Gasteiger partial charge in [-0.3, -0.25) is 4.90 Å². The van der Waals surface area contributed by atoms with Crippen LogP contribution in [0.25, 0.3) is 5.57 Å². The smallest absolute Gasteiger partial charge is 0.419 e. The summed E-state index contributed by atoms with van der Waals surface area (Å²) in [6.07, 6.45) is 6.49. The van der Waals surface area contributed by atoms with E-state index in [1.165, 1.54) is 0 Å². The van der Waals surface area contributed by atoms with Crippen molar-refractivity contribution >= 4 is 17.4 Å². The third-order valence-electron chi connectivity index (χ3n) is 3.51. The topological polar surface area (TPSA) is 55.6 Å². The number of ether oxygens (including phenoxy) is 1. The van der Waals surface area contributed by atoms with E-state index in [-0.39, 0.29) is 6.09 Å². The Hall–Kier alpha value is -2.49. The van der Waals surface area contributed by atoms with Gasteiger partial charge >= 0.3 is 6.09 Å². The van der Waals surface area contributed by atoms with Gasteiger partial charge in [0.05, 0.1) is 0 Å². The highest BCUT2D eigenvalue weighted by atomic mass is 16.6. The summed E-state index contributed by atoms with van der Waals surface area (Å²) in [4.78, 5) is 14.0. The predicted octanol–water partition coefficient (Wildman–Crippen LogP) is 4.07. The van der Waals surface area contributed by atoms with Gasteiger partial charge in [-0.2, -0.15) is 0 Å². The molecule has 0 spiro atoms. The summed E-state index contributed by atoms with van der Waals surface area (Å²) in [7, 11) is 0. The lowest BCUT2D eigenvalue weighted by atomic mass is 10.0. The molecule has 0 saturated carbocycles. The zero-order valence-corrected chi connectivity index (χ0v) is 13.1. The quantitative estimate of drug-likeness (QED) is 0.795. The third kappa shape index (κ3) is 2.77. The number of carbonyl (C=O) groups is 1. The SMILES string of the molecule is CC(C)(C)OC(=O)N1C2=CCC1=CC(c1ccc(N)cc1)=C2. The van der Waals surface area contributed by atoms with Gasteiger partial charge in [0.25, 0.3) is 0 Å². The molecule has 0 unspecified atom stereocenters. The number of anilines is 1. The number of hydrogen-bond acceptors (Lipinski definition) is 3. The minimum Gasteiger partial charge on any atom is -0.443 e. The Labute approximate surface area is 130 Å². The van der Waals surface area contributed by atoms with Gasteiger partial charge in [-0.1, -0.05) is 18.2 Å². The van der Waals surface area contributed by atoms with Gasteiger partial charge in [0.1, 0.15) is 5.60 Å². The lowest BCUT2D eigenvalue weighted by molar-refractivity contribution is 0.0376. The van der Waals surface area contributed by atoms with Crippen molar-refractivity contribution in [3.63, 3.8) is 0 Å². The van der Waals surface area contributed by atoms with E-state index in [1.54, 1.807) is 4.90 Å². The lowest BCUT2D eigenvalue weighted by Crippen LogP contribution is -2.34. The monoisotopic (exact) mass is 296 g/mol. The zero-order chi connectivity index (χ0) is 15.9. The molecule has 0 radical (unpaired) electrons.